The van der Waals surface area contributed by atoms with Gasteiger partial charge in [0.2, 0.25) is 6.29 Å². The van der Waals surface area contributed by atoms with Crippen LogP contribution < -0.4 is 0 Å². The third kappa shape index (κ3) is 4.27. The lowest BCUT2D eigenvalue weighted by Crippen LogP contribution is -2.59. The van der Waals surface area contributed by atoms with E-state index < -0.39 is 43.3 Å². The maximum absolute atomic E-state index is 12.1. The van der Waals surface area contributed by atoms with Crippen LogP contribution >= 0.6 is 0 Å². The molecule has 1 unspecified atom stereocenters. The molecule has 2 rings (SSSR count). The van der Waals surface area contributed by atoms with E-state index in [-0.39, 0.29) is 17.2 Å². The summed E-state index contributed by atoms with van der Waals surface area (Å²) in [6, 6.07) is 4.45. The van der Waals surface area contributed by atoms with Crippen molar-refractivity contribution in [3.05, 3.63) is 29.3 Å². The zero-order valence-corrected chi connectivity index (χ0v) is 13.8. The van der Waals surface area contributed by atoms with E-state index in [0.29, 0.717) is 0 Å². The number of rotatable bonds is 5. The van der Waals surface area contributed by atoms with Crippen LogP contribution in [-0.4, -0.2) is 68.8 Å². The van der Waals surface area contributed by atoms with Crippen molar-refractivity contribution in [3.63, 3.8) is 0 Å². The first-order valence-electron chi connectivity index (χ1n) is 7.77. The smallest absolute Gasteiger partial charge is 0.376 e. The van der Waals surface area contributed by atoms with E-state index in [1.54, 1.807) is 6.07 Å². The SMILES string of the molecule is CC(C)c1ccc(O)c(C(=O)OOC2O[C@H](CO)[C@@H](O)[C@H](O)[C@H]2O)c1. The number of aromatic hydroxyl groups is 1. The Balaban J connectivity index is 2.05. The van der Waals surface area contributed by atoms with Crippen LogP contribution in [0.1, 0.15) is 35.7 Å². The van der Waals surface area contributed by atoms with Crippen molar-refractivity contribution in [2.24, 2.45) is 0 Å². The maximum atomic E-state index is 12.1. The molecule has 1 aromatic rings. The lowest BCUT2D eigenvalue weighted by molar-refractivity contribution is -0.399. The number of phenols is 1. The number of carbonyl (C=O) groups excluding carboxylic acids is 1. The molecule has 0 radical (unpaired) electrons. The van der Waals surface area contributed by atoms with Crippen molar-refractivity contribution in [2.75, 3.05) is 6.61 Å². The van der Waals surface area contributed by atoms with E-state index in [9.17, 15) is 25.2 Å². The van der Waals surface area contributed by atoms with Gasteiger partial charge in [0.15, 0.2) is 0 Å². The molecule has 140 valence electrons. The van der Waals surface area contributed by atoms with E-state index in [0.717, 1.165) is 5.56 Å². The van der Waals surface area contributed by atoms with Crippen LogP contribution in [0.5, 0.6) is 5.75 Å². The number of phenolic OH excluding ortho intramolecular Hbond substituents is 1. The number of ether oxygens (including phenoxy) is 1. The molecule has 9 nitrogen and oxygen atoms in total. The molecule has 0 saturated carbocycles. The first kappa shape index (κ1) is 19.6. The Labute approximate surface area is 143 Å². The molecule has 5 N–H and O–H groups in total. The molecule has 1 aliphatic heterocycles. The second-order valence-corrected chi connectivity index (χ2v) is 6.10. The lowest BCUT2D eigenvalue weighted by atomic mass is 9.99. The fourth-order valence-electron chi connectivity index (χ4n) is 2.36. The highest BCUT2D eigenvalue weighted by molar-refractivity contribution is 5.92. The molecule has 1 heterocycles. The first-order chi connectivity index (χ1) is 11.8. The van der Waals surface area contributed by atoms with Crippen molar-refractivity contribution in [2.45, 2.75) is 50.5 Å². The molecular formula is C16H22O9. The summed E-state index contributed by atoms with van der Waals surface area (Å²) in [4.78, 5) is 21.4. The topological polar surface area (TPSA) is 146 Å². The van der Waals surface area contributed by atoms with E-state index in [1.165, 1.54) is 12.1 Å². The fourth-order valence-corrected chi connectivity index (χ4v) is 2.36. The van der Waals surface area contributed by atoms with Crippen LogP contribution in [0.25, 0.3) is 0 Å². The summed E-state index contributed by atoms with van der Waals surface area (Å²) in [5.74, 6) is -1.23. The number of hydrogen-bond acceptors (Lipinski definition) is 9. The molecule has 0 aromatic heterocycles. The zero-order chi connectivity index (χ0) is 18.7. The van der Waals surface area contributed by atoms with Gasteiger partial charge < -0.3 is 30.3 Å². The van der Waals surface area contributed by atoms with Crippen LogP contribution in [0, 0.1) is 0 Å². The van der Waals surface area contributed by atoms with Crippen molar-refractivity contribution in [1.29, 1.82) is 0 Å². The van der Waals surface area contributed by atoms with Gasteiger partial charge in [-0.15, -0.1) is 4.89 Å². The maximum Gasteiger partial charge on any atom is 0.376 e. The Morgan fingerprint density at radius 3 is 2.48 bits per heavy atom. The summed E-state index contributed by atoms with van der Waals surface area (Å²) in [6.07, 6.45) is -7.73. The van der Waals surface area contributed by atoms with Crippen LogP contribution in [-0.2, 0) is 14.5 Å². The number of benzene rings is 1. The predicted molar refractivity (Wildman–Crippen MR) is 82.5 cm³/mol. The molecular weight excluding hydrogens is 336 g/mol. The average Bonchev–Trinajstić information content (AvgIpc) is 2.59. The molecule has 5 atom stereocenters. The zero-order valence-electron chi connectivity index (χ0n) is 13.8. The van der Waals surface area contributed by atoms with Crippen LogP contribution in [0.4, 0.5) is 0 Å². The van der Waals surface area contributed by atoms with Crippen molar-refractivity contribution in [1.82, 2.24) is 0 Å². The molecule has 1 aliphatic rings. The van der Waals surface area contributed by atoms with Gasteiger partial charge >= 0.3 is 5.97 Å². The van der Waals surface area contributed by atoms with Gasteiger partial charge in [0.25, 0.3) is 0 Å². The van der Waals surface area contributed by atoms with Crippen molar-refractivity contribution >= 4 is 5.97 Å². The summed E-state index contributed by atoms with van der Waals surface area (Å²) < 4.78 is 5.04. The molecule has 1 saturated heterocycles. The lowest BCUT2D eigenvalue weighted by Gasteiger charge is -2.38. The minimum atomic E-state index is -1.71. The molecule has 0 spiro atoms. The quantitative estimate of drug-likeness (QED) is 0.344. The van der Waals surface area contributed by atoms with Gasteiger partial charge in [0.1, 0.15) is 35.7 Å². The third-order valence-corrected chi connectivity index (χ3v) is 3.97. The Hall–Kier alpha value is -1.75. The van der Waals surface area contributed by atoms with Gasteiger partial charge in [-0.25, -0.2) is 4.79 Å². The van der Waals surface area contributed by atoms with Crippen molar-refractivity contribution < 1.29 is 44.8 Å². The highest BCUT2D eigenvalue weighted by atomic mass is 17.2. The molecule has 0 bridgehead atoms. The minimum absolute atomic E-state index is 0.110. The third-order valence-electron chi connectivity index (χ3n) is 3.97. The second-order valence-electron chi connectivity index (χ2n) is 6.10. The van der Waals surface area contributed by atoms with Gasteiger partial charge in [0.05, 0.1) is 6.61 Å². The van der Waals surface area contributed by atoms with Gasteiger partial charge in [-0.1, -0.05) is 19.9 Å². The van der Waals surface area contributed by atoms with E-state index >= 15 is 0 Å². The van der Waals surface area contributed by atoms with E-state index in [2.05, 4.69) is 4.89 Å². The predicted octanol–water partition coefficient (Wildman–Crippen LogP) is -0.596. The Morgan fingerprint density at radius 1 is 1.20 bits per heavy atom. The second kappa shape index (κ2) is 8.09. The summed E-state index contributed by atoms with van der Waals surface area (Å²) in [7, 11) is 0. The van der Waals surface area contributed by atoms with Crippen LogP contribution in [0.3, 0.4) is 0 Å². The van der Waals surface area contributed by atoms with Crippen molar-refractivity contribution in [3.8, 4) is 5.75 Å². The van der Waals surface area contributed by atoms with Gasteiger partial charge in [0, 0.05) is 0 Å². The Bertz CT molecular complexity index is 601. The summed E-state index contributed by atoms with van der Waals surface area (Å²) in [6.45, 7) is 3.17. The average molecular weight is 358 g/mol. The fraction of sp³-hybridized carbons (Fsp3) is 0.562. The Morgan fingerprint density at radius 2 is 1.88 bits per heavy atom. The molecule has 0 aliphatic carbocycles. The minimum Gasteiger partial charge on any atom is -0.507 e. The van der Waals surface area contributed by atoms with Crippen LogP contribution in [0.2, 0.25) is 0 Å². The Kier molecular flexibility index (Phi) is 6.33. The van der Waals surface area contributed by atoms with Gasteiger partial charge in [-0.05, 0) is 23.6 Å². The summed E-state index contributed by atoms with van der Waals surface area (Å²) in [5.41, 5.74) is 0.647. The molecule has 25 heavy (non-hydrogen) atoms. The molecule has 1 fully saturated rings. The highest BCUT2D eigenvalue weighted by Gasteiger charge is 2.45. The first-order valence-corrected chi connectivity index (χ1v) is 7.77. The monoisotopic (exact) mass is 358 g/mol. The molecule has 1 aromatic carbocycles. The normalized spacial score (nSPS) is 29.6. The highest BCUT2D eigenvalue weighted by Crippen LogP contribution is 2.26. The van der Waals surface area contributed by atoms with E-state index in [4.69, 9.17) is 14.7 Å². The van der Waals surface area contributed by atoms with Gasteiger partial charge in [-0.3, -0.25) is 4.89 Å². The van der Waals surface area contributed by atoms with Crippen LogP contribution in [0.15, 0.2) is 18.2 Å². The number of hydrogen-bond donors (Lipinski definition) is 5. The molecule has 0 amide bonds. The standard InChI is InChI=1S/C16H22O9/c1-7(2)8-3-4-10(18)9(5-8)15(22)24-25-16-14(21)13(20)12(19)11(6-17)23-16/h3-5,7,11-14,16-21H,6H2,1-2H3/t11-,12-,13+,14-,16?/m1/s1. The summed E-state index contributed by atoms with van der Waals surface area (Å²) in [5, 5.41) is 48.0. The number of aliphatic hydroxyl groups excluding tert-OH is 4. The number of aliphatic hydroxyl groups is 4. The summed E-state index contributed by atoms with van der Waals surface area (Å²) >= 11 is 0. The van der Waals surface area contributed by atoms with E-state index in [1.807, 2.05) is 13.8 Å². The molecule has 9 heteroatoms. The largest absolute Gasteiger partial charge is 0.507 e. The van der Waals surface area contributed by atoms with Gasteiger partial charge in [-0.2, -0.15) is 0 Å². The number of carbonyl (C=O) groups is 1.